The number of rotatable bonds is 9. The molecule has 0 aliphatic rings. The SMILES string of the molecule is C=CCCCCCNCC(C)(C)S(C)(=O)=O. The maximum absolute atomic E-state index is 11.4. The summed E-state index contributed by atoms with van der Waals surface area (Å²) in [7, 11) is -2.98. The van der Waals surface area contributed by atoms with Crippen molar-refractivity contribution in [2.45, 2.75) is 44.3 Å². The average molecular weight is 247 g/mol. The molecule has 0 heterocycles. The minimum absolute atomic E-state index is 0.521. The third-order valence-corrected chi connectivity index (χ3v) is 4.97. The Labute approximate surface area is 100 Å². The van der Waals surface area contributed by atoms with E-state index in [1.807, 2.05) is 6.08 Å². The molecule has 0 aromatic carbocycles. The average Bonchev–Trinajstić information content (AvgIpc) is 2.14. The molecule has 0 rings (SSSR count). The zero-order valence-electron chi connectivity index (χ0n) is 10.8. The Bertz CT molecular complexity index is 294. The van der Waals surface area contributed by atoms with Crippen molar-refractivity contribution in [1.29, 1.82) is 0 Å². The molecule has 0 radical (unpaired) electrons. The first-order chi connectivity index (χ1) is 7.31. The summed E-state index contributed by atoms with van der Waals surface area (Å²) in [4.78, 5) is 0. The van der Waals surface area contributed by atoms with Crippen LogP contribution >= 0.6 is 0 Å². The van der Waals surface area contributed by atoms with Gasteiger partial charge in [0.2, 0.25) is 0 Å². The van der Waals surface area contributed by atoms with Gasteiger partial charge in [0, 0.05) is 12.8 Å². The van der Waals surface area contributed by atoms with Crippen molar-refractivity contribution >= 4 is 9.84 Å². The van der Waals surface area contributed by atoms with E-state index in [1.54, 1.807) is 13.8 Å². The molecule has 0 aromatic rings. The van der Waals surface area contributed by atoms with Crippen LogP contribution in [0.1, 0.15) is 39.5 Å². The smallest absolute Gasteiger partial charge is 0.153 e. The molecule has 0 saturated heterocycles. The fourth-order valence-electron chi connectivity index (χ4n) is 1.24. The molecular weight excluding hydrogens is 222 g/mol. The quantitative estimate of drug-likeness (QED) is 0.501. The maximum atomic E-state index is 11.4. The van der Waals surface area contributed by atoms with Gasteiger partial charge in [0.15, 0.2) is 9.84 Å². The van der Waals surface area contributed by atoms with Crippen molar-refractivity contribution in [3.63, 3.8) is 0 Å². The maximum Gasteiger partial charge on any atom is 0.153 e. The Kier molecular flexibility index (Phi) is 6.91. The van der Waals surface area contributed by atoms with E-state index in [0.29, 0.717) is 6.54 Å². The normalized spacial score (nSPS) is 12.7. The number of unbranched alkanes of at least 4 members (excludes halogenated alkanes) is 3. The molecule has 0 fully saturated rings. The summed E-state index contributed by atoms with van der Waals surface area (Å²) in [5.74, 6) is 0. The van der Waals surface area contributed by atoms with Crippen LogP contribution in [0.5, 0.6) is 0 Å². The van der Waals surface area contributed by atoms with Gasteiger partial charge in [-0.15, -0.1) is 6.58 Å². The molecule has 0 aliphatic heterocycles. The zero-order valence-corrected chi connectivity index (χ0v) is 11.6. The van der Waals surface area contributed by atoms with Gasteiger partial charge in [0.25, 0.3) is 0 Å². The van der Waals surface area contributed by atoms with Gasteiger partial charge < -0.3 is 5.32 Å². The Balaban J connectivity index is 3.63. The second-order valence-corrected chi connectivity index (χ2v) is 7.50. The molecule has 0 aromatic heterocycles. The van der Waals surface area contributed by atoms with Gasteiger partial charge in [0.1, 0.15) is 0 Å². The molecule has 0 unspecified atom stereocenters. The first-order valence-corrected chi connectivity index (χ1v) is 7.71. The highest BCUT2D eigenvalue weighted by Gasteiger charge is 2.29. The third kappa shape index (κ3) is 6.28. The lowest BCUT2D eigenvalue weighted by atomic mass is 10.2. The van der Waals surface area contributed by atoms with Gasteiger partial charge in [-0.2, -0.15) is 0 Å². The Morgan fingerprint density at radius 2 is 1.88 bits per heavy atom. The highest BCUT2D eigenvalue weighted by Crippen LogP contribution is 2.13. The minimum atomic E-state index is -2.98. The first kappa shape index (κ1) is 15.7. The second kappa shape index (κ2) is 7.07. The lowest BCUT2D eigenvalue weighted by Crippen LogP contribution is -2.41. The lowest BCUT2D eigenvalue weighted by molar-refractivity contribution is 0.512. The van der Waals surface area contributed by atoms with E-state index < -0.39 is 14.6 Å². The fraction of sp³-hybridized carbons (Fsp3) is 0.833. The topological polar surface area (TPSA) is 46.2 Å². The van der Waals surface area contributed by atoms with Gasteiger partial charge in [-0.25, -0.2) is 8.42 Å². The molecular formula is C12H25NO2S. The van der Waals surface area contributed by atoms with Crippen LogP contribution in [0.2, 0.25) is 0 Å². The van der Waals surface area contributed by atoms with E-state index in [1.165, 1.54) is 19.1 Å². The molecule has 0 saturated carbocycles. The van der Waals surface area contributed by atoms with E-state index in [0.717, 1.165) is 19.4 Å². The lowest BCUT2D eigenvalue weighted by Gasteiger charge is -2.22. The molecule has 0 atom stereocenters. The highest BCUT2D eigenvalue weighted by atomic mass is 32.2. The molecule has 0 bridgehead atoms. The molecule has 16 heavy (non-hydrogen) atoms. The number of hydrogen-bond acceptors (Lipinski definition) is 3. The van der Waals surface area contributed by atoms with E-state index >= 15 is 0 Å². The van der Waals surface area contributed by atoms with Crippen molar-refractivity contribution in [2.24, 2.45) is 0 Å². The molecule has 0 aliphatic carbocycles. The van der Waals surface area contributed by atoms with Crippen LogP contribution in [0, 0.1) is 0 Å². The summed E-state index contributed by atoms with van der Waals surface area (Å²) < 4.78 is 22.1. The summed E-state index contributed by atoms with van der Waals surface area (Å²) in [6.07, 6.45) is 7.71. The van der Waals surface area contributed by atoms with Crippen LogP contribution in [0.25, 0.3) is 0 Å². The number of nitrogens with one attached hydrogen (secondary N) is 1. The van der Waals surface area contributed by atoms with E-state index in [-0.39, 0.29) is 0 Å². The van der Waals surface area contributed by atoms with Crippen molar-refractivity contribution in [2.75, 3.05) is 19.3 Å². The number of allylic oxidation sites excluding steroid dienone is 1. The van der Waals surface area contributed by atoms with Gasteiger partial charge in [0.05, 0.1) is 4.75 Å². The van der Waals surface area contributed by atoms with Crippen LogP contribution in [-0.2, 0) is 9.84 Å². The van der Waals surface area contributed by atoms with Crippen LogP contribution in [0.4, 0.5) is 0 Å². The minimum Gasteiger partial charge on any atom is -0.315 e. The summed E-state index contributed by atoms with van der Waals surface area (Å²) in [6.45, 7) is 8.59. The van der Waals surface area contributed by atoms with E-state index in [4.69, 9.17) is 0 Å². The summed E-state index contributed by atoms with van der Waals surface area (Å²) in [5.41, 5.74) is 0. The van der Waals surface area contributed by atoms with E-state index in [2.05, 4.69) is 11.9 Å². The Morgan fingerprint density at radius 1 is 1.25 bits per heavy atom. The molecule has 3 nitrogen and oxygen atoms in total. The fourth-order valence-corrected chi connectivity index (χ4v) is 1.60. The number of sulfone groups is 1. The van der Waals surface area contributed by atoms with Crippen LogP contribution in [-0.4, -0.2) is 32.5 Å². The van der Waals surface area contributed by atoms with Crippen molar-refractivity contribution in [1.82, 2.24) is 5.32 Å². The van der Waals surface area contributed by atoms with Gasteiger partial charge >= 0.3 is 0 Å². The number of hydrogen-bond donors (Lipinski definition) is 1. The van der Waals surface area contributed by atoms with Crippen LogP contribution in [0.3, 0.4) is 0 Å². The van der Waals surface area contributed by atoms with Gasteiger partial charge in [-0.3, -0.25) is 0 Å². The largest absolute Gasteiger partial charge is 0.315 e. The summed E-state index contributed by atoms with van der Waals surface area (Å²) in [6, 6.07) is 0. The van der Waals surface area contributed by atoms with Crippen LogP contribution in [0.15, 0.2) is 12.7 Å². The Morgan fingerprint density at radius 3 is 2.38 bits per heavy atom. The monoisotopic (exact) mass is 247 g/mol. The zero-order chi connectivity index (χ0) is 12.7. The third-order valence-electron chi connectivity index (χ3n) is 2.82. The van der Waals surface area contributed by atoms with Gasteiger partial charge in [-0.1, -0.05) is 12.5 Å². The standard InChI is InChI=1S/C12H25NO2S/c1-5-6-7-8-9-10-13-11-12(2,3)16(4,14)15/h5,13H,1,6-11H2,2-4H3. The summed E-state index contributed by atoms with van der Waals surface area (Å²) in [5, 5.41) is 3.20. The predicted molar refractivity (Wildman–Crippen MR) is 70.5 cm³/mol. The van der Waals surface area contributed by atoms with Gasteiger partial charge in [-0.05, 0) is 39.7 Å². The second-order valence-electron chi connectivity index (χ2n) is 4.85. The predicted octanol–water partition coefficient (Wildman–Crippen LogP) is 2.15. The molecule has 1 N–H and O–H groups in total. The first-order valence-electron chi connectivity index (χ1n) is 5.82. The molecule has 4 heteroatoms. The van der Waals surface area contributed by atoms with E-state index in [9.17, 15) is 8.42 Å². The van der Waals surface area contributed by atoms with Crippen molar-refractivity contribution < 1.29 is 8.42 Å². The van der Waals surface area contributed by atoms with Crippen LogP contribution < -0.4 is 5.32 Å². The molecule has 0 spiro atoms. The van der Waals surface area contributed by atoms with Crippen molar-refractivity contribution in [3.05, 3.63) is 12.7 Å². The highest BCUT2D eigenvalue weighted by molar-refractivity contribution is 7.92. The Hall–Kier alpha value is -0.350. The van der Waals surface area contributed by atoms with Crippen molar-refractivity contribution in [3.8, 4) is 0 Å². The molecule has 0 amide bonds. The molecule has 96 valence electrons. The summed E-state index contributed by atoms with van der Waals surface area (Å²) >= 11 is 0.